The van der Waals surface area contributed by atoms with Crippen LogP contribution in [0.2, 0.25) is 0 Å². The van der Waals surface area contributed by atoms with Gasteiger partial charge in [0, 0.05) is 18.8 Å². The van der Waals surface area contributed by atoms with Gasteiger partial charge >= 0.3 is 0 Å². The molecule has 3 heteroatoms. The van der Waals surface area contributed by atoms with Crippen molar-refractivity contribution in [2.24, 2.45) is 10.7 Å². The second kappa shape index (κ2) is 6.36. The van der Waals surface area contributed by atoms with Crippen molar-refractivity contribution in [1.82, 2.24) is 0 Å². The summed E-state index contributed by atoms with van der Waals surface area (Å²) in [7, 11) is 0. The lowest BCUT2D eigenvalue weighted by molar-refractivity contribution is 0.945. The van der Waals surface area contributed by atoms with Gasteiger partial charge in [-0.2, -0.15) is 0 Å². The Balaban J connectivity index is 1.49. The van der Waals surface area contributed by atoms with Gasteiger partial charge in [-0.05, 0) is 40.8 Å². The average Bonchev–Trinajstić information content (AvgIpc) is 3.06. The van der Waals surface area contributed by atoms with Gasteiger partial charge in [0.25, 0.3) is 0 Å². The highest BCUT2D eigenvalue weighted by Crippen LogP contribution is 2.27. The molecule has 0 atom stereocenters. The number of guanidine groups is 1. The monoisotopic (exact) mass is 315 g/mol. The minimum atomic E-state index is 0.625. The molecule has 2 N–H and O–H groups in total. The van der Waals surface area contributed by atoms with Crippen LogP contribution >= 0.6 is 0 Å². The van der Waals surface area contributed by atoms with E-state index in [9.17, 15) is 0 Å². The molecule has 1 aliphatic heterocycles. The quantitative estimate of drug-likeness (QED) is 0.590. The third-order valence-electron chi connectivity index (χ3n) is 4.70. The van der Waals surface area contributed by atoms with Gasteiger partial charge in [0.05, 0.1) is 0 Å². The third kappa shape index (κ3) is 2.73. The maximum atomic E-state index is 6.25. The summed E-state index contributed by atoms with van der Waals surface area (Å²) in [6.07, 6.45) is 1.94. The Morgan fingerprint density at radius 2 is 1.75 bits per heavy atom. The van der Waals surface area contributed by atoms with Crippen LogP contribution in [0.1, 0.15) is 11.1 Å². The van der Waals surface area contributed by atoms with Crippen molar-refractivity contribution in [1.29, 1.82) is 0 Å². The summed E-state index contributed by atoms with van der Waals surface area (Å²) in [5.41, 5.74) is 10.1. The number of nitrogens with two attached hydrogens (primary N) is 1. The van der Waals surface area contributed by atoms with Crippen molar-refractivity contribution in [3.63, 3.8) is 0 Å². The molecule has 0 spiro atoms. The van der Waals surface area contributed by atoms with E-state index < -0.39 is 0 Å². The number of nitrogens with zero attached hydrogens (tertiary/aromatic N) is 2. The number of rotatable bonds is 3. The maximum Gasteiger partial charge on any atom is 0.195 e. The summed E-state index contributed by atoms with van der Waals surface area (Å²) in [5, 5.41) is 2.58. The molecule has 3 aromatic rings. The van der Waals surface area contributed by atoms with Crippen molar-refractivity contribution in [3.05, 3.63) is 77.9 Å². The highest BCUT2D eigenvalue weighted by atomic mass is 15.3. The summed E-state index contributed by atoms with van der Waals surface area (Å²) in [4.78, 5) is 6.75. The van der Waals surface area contributed by atoms with Gasteiger partial charge in [-0.15, -0.1) is 0 Å². The topological polar surface area (TPSA) is 41.6 Å². The van der Waals surface area contributed by atoms with E-state index in [0.717, 1.165) is 19.4 Å². The molecule has 0 unspecified atom stereocenters. The number of aliphatic imine (C=N–C) groups is 1. The number of fused-ring (bicyclic) bond motifs is 2. The molecule has 0 saturated heterocycles. The van der Waals surface area contributed by atoms with Crippen molar-refractivity contribution < 1.29 is 0 Å². The first-order valence-electron chi connectivity index (χ1n) is 8.45. The van der Waals surface area contributed by atoms with Crippen LogP contribution in [0.25, 0.3) is 10.8 Å². The van der Waals surface area contributed by atoms with Gasteiger partial charge in [0.2, 0.25) is 0 Å². The van der Waals surface area contributed by atoms with E-state index in [1.165, 1.54) is 27.6 Å². The van der Waals surface area contributed by atoms with Gasteiger partial charge in [0.15, 0.2) is 5.96 Å². The molecule has 0 amide bonds. The SMILES string of the molecule is NC(=NCCc1cccc2ccccc12)N1CCc2ccccc21. The normalized spacial score (nSPS) is 14.2. The van der Waals surface area contributed by atoms with Crippen molar-refractivity contribution in [3.8, 4) is 0 Å². The molecule has 0 saturated carbocycles. The van der Waals surface area contributed by atoms with Crippen LogP contribution in [0.15, 0.2) is 71.7 Å². The molecule has 0 bridgehead atoms. The molecule has 1 aliphatic rings. The van der Waals surface area contributed by atoms with Crippen molar-refractivity contribution >= 4 is 22.4 Å². The van der Waals surface area contributed by atoms with E-state index in [1.807, 2.05) is 0 Å². The Hall–Kier alpha value is -2.81. The third-order valence-corrected chi connectivity index (χ3v) is 4.70. The molecule has 0 radical (unpaired) electrons. The van der Waals surface area contributed by atoms with Crippen molar-refractivity contribution in [2.75, 3.05) is 18.0 Å². The van der Waals surface area contributed by atoms with Crippen LogP contribution in [-0.4, -0.2) is 19.0 Å². The van der Waals surface area contributed by atoms with Gasteiger partial charge in [-0.3, -0.25) is 4.99 Å². The number of hydrogen-bond donors (Lipinski definition) is 1. The predicted molar refractivity (Wildman–Crippen MR) is 102 cm³/mol. The lowest BCUT2D eigenvalue weighted by atomic mass is 10.0. The average molecular weight is 315 g/mol. The number of benzene rings is 3. The molecule has 120 valence electrons. The first kappa shape index (κ1) is 14.8. The Morgan fingerprint density at radius 1 is 0.958 bits per heavy atom. The Kier molecular flexibility index (Phi) is 3.91. The molecule has 0 fully saturated rings. The Labute approximate surface area is 142 Å². The molecule has 3 nitrogen and oxygen atoms in total. The lowest BCUT2D eigenvalue weighted by Crippen LogP contribution is -2.36. The fourth-order valence-electron chi connectivity index (χ4n) is 3.46. The molecule has 0 aliphatic carbocycles. The van der Waals surface area contributed by atoms with Crippen LogP contribution < -0.4 is 10.6 Å². The van der Waals surface area contributed by atoms with Gasteiger partial charge in [-0.25, -0.2) is 0 Å². The molecule has 24 heavy (non-hydrogen) atoms. The van der Waals surface area contributed by atoms with E-state index in [0.29, 0.717) is 12.5 Å². The van der Waals surface area contributed by atoms with Crippen LogP contribution in [0, 0.1) is 0 Å². The minimum Gasteiger partial charge on any atom is -0.370 e. The number of anilines is 1. The highest BCUT2D eigenvalue weighted by Gasteiger charge is 2.20. The second-order valence-corrected chi connectivity index (χ2v) is 6.16. The smallest absolute Gasteiger partial charge is 0.195 e. The fraction of sp³-hybridized carbons (Fsp3) is 0.190. The van der Waals surface area contributed by atoms with Gasteiger partial charge in [0.1, 0.15) is 0 Å². The van der Waals surface area contributed by atoms with Gasteiger partial charge in [-0.1, -0.05) is 60.7 Å². The fourth-order valence-corrected chi connectivity index (χ4v) is 3.46. The van der Waals surface area contributed by atoms with E-state index >= 15 is 0 Å². The van der Waals surface area contributed by atoms with E-state index in [4.69, 9.17) is 5.73 Å². The van der Waals surface area contributed by atoms with Crippen LogP contribution in [0.4, 0.5) is 5.69 Å². The van der Waals surface area contributed by atoms with Gasteiger partial charge < -0.3 is 10.6 Å². The van der Waals surface area contributed by atoms with E-state index in [1.54, 1.807) is 0 Å². The molecular weight excluding hydrogens is 294 g/mol. The van der Waals surface area contributed by atoms with Crippen molar-refractivity contribution in [2.45, 2.75) is 12.8 Å². The molecular formula is C21H21N3. The molecule has 4 rings (SSSR count). The Bertz CT molecular complexity index is 893. The van der Waals surface area contributed by atoms with Crippen LogP contribution in [-0.2, 0) is 12.8 Å². The zero-order valence-corrected chi connectivity index (χ0v) is 13.7. The highest BCUT2D eigenvalue weighted by molar-refractivity contribution is 5.96. The van der Waals surface area contributed by atoms with Crippen LogP contribution in [0.3, 0.4) is 0 Å². The molecule has 0 aromatic heterocycles. The van der Waals surface area contributed by atoms with Crippen LogP contribution in [0.5, 0.6) is 0 Å². The number of hydrogen-bond acceptors (Lipinski definition) is 1. The number of para-hydroxylation sites is 1. The van der Waals surface area contributed by atoms with E-state index in [2.05, 4.69) is 76.6 Å². The minimum absolute atomic E-state index is 0.625. The zero-order chi connectivity index (χ0) is 16.4. The second-order valence-electron chi connectivity index (χ2n) is 6.16. The standard InChI is InChI=1S/C21H21N3/c22-21(24-15-13-18-7-2-4-11-20(18)24)23-14-12-17-9-5-8-16-6-1-3-10-19(16)17/h1-11H,12-15H2,(H2,22,23). The summed E-state index contributed by atoms with van der Waals surface area (Å²) >= 11 is 0. The Morgan fingerprint density at radius 3 is 2.71 bits per heavy atom. The summed E-state index contributed by atoms with van der Waals surface area (Å²) in [6, 6.07) is 23.4. The first-order valence-corrected chi connectivity index (χ1v) is 8.45. The maximum absolute atomic E-state index is 6.25. The zero-order valence-electron chi connectivity index (χ0n) is 13.7. The summed E-state index contributed by atoms with van der Waals surface area (Å²) in [6.45, 7) is 1.63. The van der Waals surface area contributed by atoms with E-state index in [-0.39, 0.29) is 0 Å². The first-order chi connectivity index (χ1) is 11.8. The largest absolute Gasteiger partial charge is 0.370 e. The predicted octanol–water partition coefficient (Wildman–Crippen LogP) is 3.76. The molecule has 1 heterocycles. The lowest BCUT2D eigenvalue weighted by Gasteiger charge is -2.18. The summed E-state index contributed by atoms with van der Waals surface area (Å²) < 4.78 is 0. The summed E-state index contributed by atoms with van der Waals surface area (Å²) in [5.74, 6) is 0.625. The molecule has 3 aromatic carbocycles.